The number of hydrogen-bond donors (Lipinski definition) is 0. The van der Waals surface area contributed by atoms with Crippen LogP contribution in [0.5, 0.6) is 5.75 Å². The molecule has 1 aliphatic rings. The maximum atomic E-state index is 13.1. The van der Waals surface area contributed by atoms with Gasteiger partial charge in [0, 0.05) is 59.7 Å². The molecule has 0 atom stereocenters. The smallest absolute Gasteiger partial charge is 0.254 e. The molecule has 0 spiro atoms. The first-order valence-electron chi connectivity index (χ1n) is 10.4. The van der Waals surface area contributed by atoms with Crippen LogP contribution in [-0.4, -0.2) is 58.7 Å². The highest BCUT2D eigenvalue weighted by Gasteiger charge is 2.23. The third-order valence-corrected chi connectivity index (χ3v) is 6.45. The number of anilines is 1. The highest BCUT2D eigenvalue weighted by atomic mass is 79.9. The van der Waals surface area contributed by atoms with E-state index in [2.05, 4.69) is 37.1 Å². The molecular formula is C24H22BrN5O2. The van der Waals surface area contributed by atoms with Crippen molar-refractivity contribution in [2.24, 2.45) is 0 Å². The highest BCUT2D eigenvalue weighted by molar-refractivity contribution is 9.10. The molecule has 32 heavy (non-hydrogen) atoms. The first kappa shape index (κ1) is 20.5. The molecule has 0 radical (unpaired) electrons. The zero-order chi connectivity index (χ0) is 22.1. The average Bonchev–Trinajstić information content (AvgIpc) is 3.27. The molecule has 0 aliphatic carbocycles. The number of methoxy groups -OCH3 is 1. The van der Waals surface area contributed by atoms with Crippen molar-refractivity contribution in [2.45, 2.75) is 0 Å². The molecule has 3 heterocycles. The number of nitrogens with zero attached hydrogens (tertiary/aromatic N) is 5. The van der Waals surface area contributed by atoms with Gasteiger partial charge in [-0.05, 0) is 30.3 Å². The molecule has 1 saturated heterocycles. The fraction of sp³-hybridized carbons (Fsp3) is 0.208. The fourth-order valence-corrected chi connectivity index (χ4v) is 4.47. The molecule has 162 valence electrons. The van der Waals surface area contributed by atoms with E-state index in [1.807, 2.05) is 70.1 Å². The zero-order valence-corrected chi connectivity index (χ0v) is 19.2. The Bertz CT molecular complexity index is 1280. The lowest BCUT2D eigenvalue weighted by Crippen LogP contribution is -2.48. The normalized spacial score (nSPS) is 14.1. The highest BCUT2D eigenvalue weighted by Crippen LogP contribution is 2.27. The number of halogens is 1. The first-order valence-corrected chi connectivity index (χ1v) is 11.2. The molecular weight excluding hydrogens is 470 g/mol. The van der Waals surface area contributed by atoms with Gasteiger partial charge in [0.05, 0.1) is 7.11 Å². The maximum Gasteiger partial charge on any atom is 0.254 e. The lowest BCUT2D eigenvalue weighted by atomic mass is 10.2. The van der Waals surface area contributed by atoms with Crippen LogP contribution in [0.2, 0.25) is 0 Å². The summed E-state index contributed by atoms with van der Waals surface area (Å²) in [4.78, 5) is 17.3. The van der Waals surface area contributed by atoms with Crippen LogP contribution in [-0.2, 0) is 0 Å². The van der Waals surface area contributed by atoms with E-state index in [0.717, 1.165) is 40.4 Å². The minimum absolute atomic E-state index is 0.0169. The van der Waals surface area contributed by atoms with Crippen molar-refractivity contribution in [3.8, 4) is 17.1 Å². The SMILES string of the molecule is COc1cccc(N2CCN(C(=O)c3ccn4c(-c5ccccc5Br)nnc4c3)CC2)c1. The summed E-state index contributed by atoms with van der Waals surface area (Å²) in [5.74, 6) is 1.59. The Morgan fingerprint density at radius 3 is 2.56 bits per heavy atom. The molecule has 8 heteroatoms. The second kappa shape index (κ2) is 8.63. The Hall–Kier alpha value is -3.39. The maximum absolute atomic E-state index is 13.1. The number of aromatic nitrogens is 3. The molecule has 0 N–H and O–H groups in total. The molecule has 0 unspecified atom stereocenters. The van der Waals surface area contributed by atoms with Crippen molar-refractivity contribution in [3.63, 3.8) is 0 Å². The van der Waals surface area contributed by atoms with E-state index < -0.39 is 0 Å². The van der Waals surface area contributed by atoms with Crippen molar-refractivity contribution >= 4 is 33.2 Å². The molecule has 0 saturated carbocycles. The van der Waals surface area contributed by atoms with Crippen molar-refractivity contribution in [1.29, 1.82) is 0 Å². The van der Waals surface area contributed by atoms with E-state index in [-0.39, 0.29) is 5.91 Å². The number of carbonyl (C=O) groups excluding carboxylic acids is 1. The number of rotatable bonds is 4. The van der Waals surface area contributed by atoms with Gasteiger partial charge in [-0.15, -0.1) is 10.2 Å². The van der Waals surface area contributed by atoms with Crippen molar-refractivity contribution in [1.82, 2.24) is 19.5 Å². The monoisotopic (exact) mass is 491 g/mol. The summed E-state index contributed by atoms with van der Waals surface area (Å²) in [5, 5.41) is 8.63. The number of piperazine rings is 1. The average molecular weight is 492 g/mol. The number of carbonyl (C=O) groups is 1. The number of amides is 1. The van der Waals surface area contributed by atoms with Gasteiger partial charge in [-0.3, -0.25) is 9.20 Å². The van der Waals surface area contributed by atoms with Crippen LogP contribution in [0.3, 0.4) is 0 Å². The summed E-state index contributed by atoms with van der Waals surface area (Å²) >= 11 is 3.57. The van der Waals surface area contributed by atoms with Gasteiger partial charge < -0.3 is 14.5 Å². The minimum Gasteiger partial charge on any atom is -0.497 e. The van der Waals surface area contributed by atoms with Gasteiger partial charge in [-0.1, -0.05) is 40.2 Å². The lowest BCUT2D eigenvalue weighted by Gasteiger charge is -2.36. The fourth-order valence-electron chi connectivity index (χ4n) is 4.01. The number of benzene rings is 2. The topological polar surface area (TPSA) is 63.0 Å². The summed E-state index contributed by atoms with van der Waals surface area (Å²) in [5.41, 5.74) is 3.34. The summed E-state index contributed by atoms with van der Waals surface area (Å²) < 4.78 is 8.18. The van der Waals surface area contributed by atoms with Crippen molar-refractivity contribution in [2.75, 3.05) is 38.2 Å². The first-order chi connectivity index (χ1) is 15.6. The van der Waals surface area contributed by atoms with Crippen LogP contribution in [0.25, 0.3) is 17.0 Å². The van der Waals surface area contributed by atoms with Crippen LogP contribution in [0.4, 0.5) is 5.69 Å². The van der Waals surface area contributed by atoms with E-state index in [1.54, 1.807) is 7.11 Å². The number of ether oxygens (including phenoxy) is 1. The quantitative estimate of drug-likeness (QED) is 0.429. The van der Waals surface area contributed by atoms with Crippen LogP contribution in [0.15, 0.2) is 71.3 Å². The minimum atomic E-state index is 0.0169. The van der Waals surface area contributed by atoms with Gasteiger partial charge in [-0.25, -0.2) is 0 Å². The molecule has 2 aromatic heterocycles. The van der Waals surface area contributed by atoms with Gasteiger partial charge in [0.15, 0.2) is 11.5 Å². The van der Waals surface area contributed by atoms with Crippen LogP contribution in [0, 0.1) is 0 Å². The van der Waals surface area contributed by atoms with E-state index in [0.29, 0.717) is 24.3 Å². The second-order valence-electron chi connectivity index (χ2n) is 7.63. The summed E-state index contributed by atoms with van der Waals surface area (Å²) in [6, 6.07) is 19.6. The Morgan fingerprint density at radius 2 is 1.78 bits per heavy atom. The van der Waals surface area contributed by atoms with E-state index in [9.17, 15) is 4.79 Å². The van der Waals surface area contributed by atoms with E-state index in [1.165, 1.54) is 0 Å². The molecule has 1 aliphatic heterocycles. The van der Waals surface area contributed by atoms with Crippen LogP contribution >= 0.6 is 15.9 Å². The van der Waals surface area contributed by atoms with Gasteiger partial charge >= 0.3 is 0 Å². The third-order valence-electron chi connectivity index (χ3n) is 5.76. The Balaban J connectivity index is 1.32. The number of pyridine rings is 1. The van der Waals surface area contributed by atoms with Gasteiger partial charge in [0.2, 0.25) is 0 Å². The second-order valence-corrected chi connectivity index (χ2v) is 8.48. The predicted molar refractivity (Wildman–Crippen MR) is 127 cm³/mol. The Labute approximate surface area is 194 Å². The molecule has 4 aromatic rings. The lowest BCUT2D eigenvalue weighted by molar-refractivity contribution is 0.0746. The molecule has 1 amide bonds. The predicted octanol–water partition coefficient (Wildman–Crippen LogP) is 4.13. The molecule has 7 nitrogen and oxygen atoms in total. The third kappa shape index (κ3) is 3.82. The molecule has 0 bridgehead atoms. The van der Waals surface area contributed by atoms with Gasteiger partial charge in [0.1, 0.15) is 5.75 Å². The summed E-state index contributed by atoms with van der Waals surface area (Å²) in [7, 11) is 1.67. The van der Waals surface area contributed by atoms with Gasteiger partial charge in [0.25, 0.3) is 5.91 Å². The molecule has 1 fully saturated rings. The summed E-state index contributed by atoms with van der Waals surface area (Å²) in [6.07, 6.45) is 1.86. The Morgan fingerprint density at radius 1 is 0.969 bits per heavy atom. The van der Waals surface area contributed by atoms with E-state index >= 15 is 0 Å². The standard InChI is InChI=1S/C24H22BrN5O2/c1-32-19-6-4-5-18(16-19)28-11-13-29(14-12-28)24(31)17-9-10-30-22(15-17)26-27-23(30)20-7-2-3-8-21(20)25/h2-10,15-16H,11-14H2,1H3. The molecule has 5 rings (SSSR count). The number of hydrogen-bond acceptors (Lipinski definition) is 5. The largest absolute Gasteiger partial charge is 0.497 e. The van der Waals surface area contributed by atoms with Crippen molar-refractivity contribution in [3.05, 3.63) is 76.9 Å². The van der Waals surface area contributed by atoms with E-state index in [4.69, 9.17) is 4.74 Å². The van der Waals surface area contributed by atoms with Crippen molar-refractivity contribution < 1.29 is 9.53 Å². The summed E-state index contributed by atoms with van der Waals surface area (Å²) in [6.45, 7) is 2.88. The molecule has 2 aromatic carbocycles. The van der Waals surface area contributed by atoms with Crippen LogP contribution < -0.4 is 9.64 Å². The Kier molecular flexibility index (Phi) is 5.53. The number of fused-ring (bicyclic) bond motifs is 1. The zero-order valence-electron chi connectivity index (χ0n) is 17.6. The van der Waals surface area contributed by atoms with Gasteiger partial charge in [-0.2, -0.15) is 0 Å². The van der Waals surface area contributed by atoms with Crippen LogP contribution in [0.1, 0.15) is 10.4 Å².